The molecule has 0 spiro atoms. The Hall–Kier alpha value is -4.02. The Labute approximate surface area is 182 Å². The molecule has 31 heavy (non-hydrogen) atoms. The zero-order valence-electron chi connectivity index (χ0n) is 16.3. The fourth-order valence-electron chi connectivity index (χ4n) is 3.24. The minimum absolute atomic E-state index is 0.00751. The number of nitrogens with one attached hydrogen (secondary N) is 2. The number of halogens is 1. The zero-order valence-corrected chi connectivity index (χ0v) is 17.2. The number of rotatable bonds is 5. The number of aromatic amines is 1. The normalized spacial score (nSPS) is 14.6. The van der Waals surface area contributed by atoms with Gasteiger partial charge in [-0.05, 0) is 37.3 Å². The standard InChI is InChI=1S/C21H16FN7OS/c1-12-8-15-17(27-12)6-7-18(19(15)22)30-21-16(9-23)20(25-11-26-21)28-13-2-4-14(5-3-13)29(31)10-24/h2-6,8,11,18,27,31H,7H2,1H3,(H,25,26,28). The Kier molecular flexibility index (Phi) is 5.48. The molecule has 154 valence electrons. The van der Waals surface area contributed by atoms with Crippen LogP contribution in [-0.2, 0) is 0 Å². The van der Waals surface area contributed by atoms with Crippen LogP contribution in [0.1, 0.15) is 17.7 Å². The van der Waals surface area contributed by atoms with Crippen LogP contribution in [0.15, 0.2) is 36.7 Å². The highest BCUT2D eigenvalue weighted by molar-refractivity contribution is 7.82. The summed E-state index contributed by atoms with van der Waals surface area (Å²) in [7, 11) is 0. The number of aryl methyl sites for hydroxylation is 1. The molecule has 0 bridgehead atoms. The molecule has 1 atom stereocenters. The topological polar surface area (TPSA) is 114 Å². The zero-order chi connectivity index (χ0) is 22.0. The van der Waals surface area contributed by atoms with E-state index >= 15 is 0 Å². The van der Waals surface area contributed by atoms with Crippen molar-refractivity contribution in [3.8, 4) is 18.1 Å². The van der Waals surface area contributed by atoms with Gasteiger partial charge in [0.05, 0.1) is 5.69 Å². The van der Waals surface area contributed by atoms with E-state index in [9.17, 15) is 9.65 Å². The lowest BCUT2D eigenvalue weighted by atomic mass is 10.1. The summed E-state index contributed by atoms with van der Waals surface area (Å²) in [5.41, 5.74) is 2.12. The van der Waals surface area contributed by atoms with E-state index in [1.807, 2.05) is 25.3 Å². The number of thiol groups is 1. The highest BCUT2D eigenvalue weighted by Gasteiger charge is 2.24. The number of hydrogen-bond donors (Lipinski definition) is 3. The molecule has 1 unspecified atom stereocenters. The van der Waals surface area contributed by atoms with Gasteiger partial charge in [0.2, 0.25) is 5.88 Å². The third kappa shape index (κ3) is 4.02. The van der Waals surface area contributed by atoms with Gasteiger partial charge in [-0.25, -0.2) is 18.7 Å². The molecule has 10 heteroatoms. The largest absolute Gasteiger partial charge is 0.466 e. The van der Waals surface area contributed by atoms with Crippen LogP contribution in [0.2, 0.25) is 0 Å². The van der Waals surface area contributed by atoms with E-state index in [0.717, 1.165) is 15.3 Å². The molecule has 2 heterocycles. The maximum Gasteiger partial charge on any atom is 0.237 e. The van der Waals surface area contributed by atoms with Crippen molar-refractivity contribution in [2.24, 2.45) is 0 Å². The smallest absolute Gasteiger partial charge is 0.237 e. The maximum atomic E-state index is 14.9. The van der Waals surface area contributed by atoms with Gasteiger partial charge >= 0.3 is 0 Å². The van der Waals surface area contributed by atoms with Crippen LogP contribution in [0, 0.1) is 29.7 Å². The molecule has 0 saturated carbocycles. The molecule has 2 N–H and O–H groups in total. The van der Waals surface area contributed by atoms with Crippen molar-refractivity contribution >= 4 is 41.9 Å². The predicted octanol–water partition coefficient (Wildman–Crippen LogP) is 2.57. The van der Waals surface area contributed by atoms with Gasteiger partial charge in [-0.15, -0.1) is 0 Å². The Morgan fingerprint density at radius 1 is 1.29 bits per heavy atom. The first-order valence-electron chi connectivity index (χ1n) is 9.23. The fourth-order valence-corrected chi connectivity index (χ4v) is 3.37. The van der Waals surface area contributed by atoms with Crippen LogP contribution >= 0.6 is 12.8 Å². The summed E-state index contributed by atoms with van der Waals surface area (Å²) in [4.78, 5) is 11.3. The fraction of sp³-hybridized carbons (Fsp3) is 0.143. The molecule has 8 nitrogen and oxygen atoms in total. The molecule has 3 aromatic rings. The second kappa shape index (κ2) is 8.38. The first-order valence-corrected chi connectivity index (χ1v) is 9.63. The van der Waals surface area contributed by atoms with Crippen molar-refractivity contribution in [1.29, 1.82) is 10.5 Å². The summed E-state index contributed by atoms with van der Waals surface area (Å²) in [6.07, 6.45) is 4.40. The van der Waals surface area contributed by atoms with Crippen molar-refractivity contribution in [1.82, 2.24) is 15.0 Å². The number of nitriles is 2. The van der Waals surface area contributed by atoms with Gasteiger partial charge in [-0.2, -0.15) is 10.5 Å². The van der Waals surface area contributed by atoms with E-state index in [1.165, 1.54) is 6.33 Å². The number of anilines is 3. The number of aromatic nitrogens is 3. The van der Waals surface area contributed by atoms with E-state index in [-0.39, 0.29) is 17.3 Å². The first kappa shape index (κ1) is 20.3. The predicted molar refractivity (Wildman–Crippen MR) is 116 cm³/mol. The monoisotopic (exact) mass is 433 g/mol. The van der Waals surface area contributed by atoms with Crippen LogP contribution in [0.25, 0.3) is 11.9 Å². The van der Waals surface area contributed by atoms with Crippen molar-refractivity contribution in [2.75, 3.05) is 9.62 Å². The molecule has 1 aliphatic carbocycles. The van der Waals surface area contributed by atoms with Crippen molar-refractivity contribution in [3.05, 3.63) is 58.5 Å². The minimum Gasteiger partial charge on any atom is -0.466 e. The highest BCUT2D eigenvalue weighted by atomic mass is 32.1. The summed E-state index contributed by atoms with van der Waals surface area (Å²) in [6, 6.07) is 10.5. The number of nitrogens with zero attached hydrogens (tertiary/aromatic N) is 5. The molecule has 0 radical (unpaired) electrons. The Morgan fingerprint density at radius 2 is 2.06 bits per heavy atom. The molecule has 4 rings (SSSR count). The third-order valence-corrected chi connectivity index (χ3v) is 5.03. The summed E-state index contributed by atoms with van der Waals surface area (Å²) < 4.78 is 21.8. The molecular weight excluding hydrogens is 417 g/mol. The van der Waals surface area contributed by atoms with Crippen LogP contribution < -0.4 is 24.9 Å². The molecule has 0 saturated heterocycles. The maximum absolute atomic E-state index is 14.9. The summed E-state index contributed by atoms with van der Waals surface area (Å²) in [5.74, 6) is -0.197. The summed E-state index contributed by atoms with van der Waals surface area (Å²) in [6.45, 7) is 1.85. The van der Waals surface area contributed by atoms with E-state index in [4.69, 9.17) is 10.00 Å². The molecule has 0 aliphatic heterocycles. The summed E-state index contributed by atoms with van der Waals surface area (Å²) >= 11 is 4.02. The quantitative estimate of drug-likeness (QED) is 0.322. The van der Waals surface area contributed by atoms with Crippen molar-refractivity contribution in [2.45, 2.75) is 19.4 Å². The third-order valence-electron chi connectivity index (χ3n) is 4.71. The lowest BCUT2D eigenvalue weighted by Crippen LogP contribution is -2.34. The van der Waals surface area contributed by atoms with Crippen LogP contribution in [-0.4, -0.2) is 21.1 Å². The number of ether oxygens (including phenoxy) is 1. The minimum atomic E-state index is -0.885. The Balaban J connectivity index is 1.60. The lowest BCUT2D eigenvalue weighted by Gasteiger charge is -2.18. The number of fused-ring (bicyclic) bond motifs is 1. The molecule has 2 aromatic heterocycles. The van der Waals surface area contributed by atoms with E-state index in [0.29, 0.717) is 23.0 Å². The van der Waals surface area contributed by atoms with Gasteiger partial charge in [-0.1, -0.05) is 18.9 Å². The number of benzene rings is 1. The molecule has 1 aromatic carbocycles. The number of hydrogen-bond acceptors (Lipinski definition) is 8. The Morgan fingerprint density at radius 3 is 2.77 bits per heavy atom. The van der Waals surface area contributed by atoms with Gasteiger partial charge in [0.15, 0.2) is 29.5 Å². The average Bonchev–Trinajstić information content (AvgIpc) is 3.17. The van der Waals surface area contributed by atoms with Crippen LogP contribution in [0.5, 0.6) is 5.88 Å². The van der Waals surface area contributed by atoms with E-state index in [1.54, 1.807) is 30.3 Å². The number of H-pyrrole nitrogens is 1. The molecule has 0 fully saturated rings. The van der Waals surface area contributed by atoms with Crippen LogP contribution in [0.4, 0.5) is 21.6 Å². The van der Waals surface area contributed by atoms with Gasteiger partial charge in [0.1, 0.15) is 12.4 Å². The SMILES string of the molecule is Cc1cc2c([nH]1)=CCC(Oc1ncnc(Nc3ccc(N(S)C#N)cc3)c1C#N)C=2F. The Bertz CT molecular complexity index is 1340. The van der Waals surface area contributed by atoms with Gasteiger partial charge in [0, 0.05) is 28.4 Å². The van der Waals surface area contributed by atoms with Crippen molar-refractivity contribution in [3.63, 3.8) is 0 Å². The highest BCUT2D eigenvalue weighted by Crippen LogP contribution is 2.28. The van der Waals surface area contributed by atoms with E-state index < -0.39 is 11.9 Å². The molecule has 1 aliphatic rings. The van der Waals surface area contributed by atoms with Gasteiger partial charge in [0.25, 0.3) is 0 Å². The van der Waals surface area contributed by atoms with E-state index in [2.05, 4.69) is 33.1 Å². The van der Waals surface area contributed by atoms with Gasteiger partial charge in [-0.3, -0.25) is 0 Å². The first-order chi connectivity index (χ1) is 15.0. The second-order valence-electron chi connectivity index (χ2n) is 6.77. The van der Waals surface area contributed by atoms with Crippen LogP contribution in [0.3, 0.4) is 0 Å². The lowest BCUT2D eigenvalue weighted by molar-refractivity contribution is 0.233. The molecule has 0 amide bonds. The van der Waals surface area contributed by atoms with Crippen molar-refractivity contribution < 1.29 is 9.13 Å². The van der Waals surface area contributed by atoms with Gasteiger partial charge < -0.3 is 15.0 Å². The summed E-state index contributed by atoms with van der Waals surface area (Å²) in [5, 5.41) is 22.7. The second-order valence-corrected chi connectivity index (χ2v) is 7.17. The average molecular weight is 433 g/mol. The molecular formula is C21H16FN7OS.